The number of rotatable bonds is 3. The molecule has 1 aromatic carbocycles. The molecule has 0 aliphatic carbocycles. The third-order valence-corrected chi connectivity index (χ3v) is 4.83. The summed E-state index contributed by atoms with van der Waals surface area (Å²) in [5.74, 6) is -0.149. The number of piperidine rings is 1. The normalized spacial score (nSPS) is 21.6. The van der Waals surface area contributed by atoms with Gasteiger partial charge in [0.1, 0.15) is 6.54 Å². The van der Waals surface area contributed by atoms with Crippen molar-refractivity contribution in [3.8, 4) is 0 Å². The molecule has 0 unspecified atom stereocenters. The largest absolute Gasteiger partial charge is 0.360 e. The van der Waals surface area contributed by atoms with E-state index in [9.17, 15) is 4.79 Å². The lowest BCUT2D eigenvalue weighted by atomic mass is 10.0. The van der Waals surface area contributed by atoms with Crippen molar-refractivity contribution < 1.29 is 19.2 Å². The second-order valence-electron chi connectivity index (χ2n) is 6.21. The van der Waals surface area contributed by atoms with Gasteiger partial charge >= 0.3 is 0 Å². The van der Waals surface area contributed by atoms with Gasteiger partial charge in [-0.05, 0) is 6.07 Å². The fourth-order valence-electron chi connectivity index (χ4n) is 3.57. The third kappa shape index (κ3) is 2.45. The van der Waals surface area contributed by atoms with E-state index in [1.807, 2.05) is 30.5 Å². The minimum Gasteiger partial charge on any atom is -0.360 e. The molecular formula is C17H21N2O3+. The Morgan fingerprint density at radius 2 is 1.91 bits per heavy atom. The molecule has 0 radical (unpaired) electrons. The molecule has 22 heavy (non-hydrogen) atoms. The van der Waals surface area contributed by atoms with Crippen molar-refractivity contribution in [2.45, 2.75) is 18.6 Å². The van der Waals surface area contributed by atoms with E-state index < -0.39 is 0 Å². The van der Waals surface area contributed by atoms with Crippen LogP contribution in [-0.2, 0) is 9.47 Å². The first kappa shape index (κ1) is 13.9. The van der Waals surface area contributed by atoms with Gasteiger partial charge in [-0.1, -0.05) is 18.2 Å². The summed E-state index contributed by atoms with van der Waals surface area (Å²) in [4.78, 5) is 17.1. The lowest BCUT2D eigenvalue weighted by molar-refractivity contribution is -0.900. The number of aromatic amines is 1. The number of quaternary nitrogens is 1. The number of carbonyl (C=O) groups is 1. The number of ether oxygens (including phenoxy) is 2. The maximum Gasteiger partial charge on any atom is 0.219 e. The number of hydrogen-bond donors (Lipinski definition) is 2. The highest BCUT2D eigenvalue weighted by molar-refractivity contribution is 6.08. The monoisotopic (exact) mass is 301 g/mol. The number of carbonyl (C=O) groups excluding carboxylic acids is 1. The van der Waals surface area contributed by atoms with E-state index in [2.05, 4.69) is 4.98 Å². The topological polar surface area (TPSA) is 55.8 Å². The van der Waals surface area contributed by atoms with E-state index in [0.717, 1.165) is 42.4 Å². The molecule has 0 bridgehead atoms. The summed E-state index contributed by atoms with van der Waals surface area (Å²) in [6.07, 6.45) is 3.59. The molecule has 0 saturated carbocycles. The Hall–Kier alpha value is -1.69. The number of likely N-dealkylation sites (tertiary alicyclic amines) is 1. The lowest BCUT2D eigenvalue weighted by Gasteiger charge is -2.34. The van der Waals surface area contributed by atoms with Crippen LogP contribution in [0.3, 0.4) is 0 Å². The first-order valence-corrected chi connectivity index (χ1v) is 7.97. The van der Waals surface area contributed by atoms with Crippen LogP contribution in [-0.4, -0.2) is 49.4 Å². The molecule has 116 valence electrons. The quantitative estimate of drug-likeness (QED) is 0.824. The van der Waals surface area contributed by atoms with E-state index in [0.29, 0.717) is 19.8 Å². The van der Waals surface area contributed by atoms with Crippen molar-refractivity contribution in [2.75, 3.05) is 32.8 Å². The number of nitrogens with one attached hydrogen (secondary N) is 2. The summed E-state index contributed by atoms with van der Waals surface area (Å²) >= 11 is 0. The molecule has 2 fully saturated rings. The molecule has 4 rings (SSSR count). The zero-order valence-corrected chi connectivity index (χ0v) is 12.6. The van der Waals surface area contributed by atoms with E-state index in [1.165, 1.54) is 4.90 Å². The summed E-state index contributed by atoms with van der Waals surface area (Å²) in [6, 6.07) is 7.95. The van der Waals surface area contributed by atoms with Gasteiger partial charge in [0.2, 0.25) is 5.78 Å². The van der Waals surface area contributed by atoms with E-state index in [-0.39, 0.29) is 11.6 Å². The number of para-hydroxylation sites is 1. The minimum absolute atomic E-state index is 0.205. The Bertz CT molecular complexity index is 678. The summed E-state index contributed by atoms with van der Waals surface area (Å²) < 4.78 is 11.5. The minimum atomic E-state index is -0.354. The molecule has 0 amide bonds. The molecule has 2 aliphatic rings. The number of benzene rings is 1. The van der Waals surface area contributed by atoms with Crippen molar-refractivity contribution in [1.82, 2.24) is 4.98 Å². The standard InChI is InChI=1S/C17H20N2O3/c20-16(14-11-18-15-4-2-1-3-13(14)15)12-19-7-5-17(6-8-19)21-9-10-22-17/h1-4,11,18H,5-10,12H2/p+1. The number of H-pyrrole nitrogens is 1. The van der Waals surface area contributed by atoms with Crippen molar-refractivity contribution in [3.63, 3.8) is 0 Å². The van der Waals surface area contributed by atoms with Gasteiger partial charge in [-0.15, -0.1) is 0 Å². The Kier molecular flexibility index (Phi) is 3.48. The molecule has 5 heteroatoms. The smallest absolute Gasteiger partial charge is 0.219 e. The second kappa shape index (κ2) is 5.50. The van der Waals surface area contributed by atoms with Crippen LogP contribution in [0.25, 0.3) is 10.9 Å². The Morgan fingerprint density at radius 3 is 2.68 bits per heavy atom. The van der Waals surface area contributed by atoms with Gasteiger partial charge in [0.25, 0.3) is 0 Å². The van der Waals surface area contributed by atoms with Gasteiger partial charge < -0.3 is 19.4 Å². The highest BCUT2D eigenvalue weighted by Crippen LogP contribution is 2.27. The van der Waals surface area contributed by atoms with Gasteiger partial charge in [0.05, 0.1) is 39.1 Å². The molecule has 5 nitrogen and oxygen atoms in total. The molecule has 2 aromatic rings. The molecular weight excluding hydrogens is 280 g/mol. The van der Waals surface area contributed by atoms with Crippen molar-refractivity contribution >= 4 is 16.7 Å². The first-order valence-electron chi connectivity index (χ1n) is 7.97. The van der Waals surface area contributed by atoms with E-state index in [1.54, 1.807) is 0 Å². The summed E-state index contributed by atoms with van der Waals surface area (Å²) in [7, 11) is 0. The second-order valence-corrected chi connectivity index (χ2v) is 6.21. The summed E-state index contributed by atoms with van der Waals surface area (Å²) in [5.41, 5.74) is 1.82. The highest BCUT2D eigenvalue weighted by Gasteiger charge is 2.42. The molecule has 2 aliphatic heterocycles. The zero-order chi connectivity index (χ0) is 15.0. The summed E-state index contributed by atoms with van der Waals surface area (Å²) in [6.45, 7) is 3.79. The van der Waals surface area contributed by atoms with Crippen molar-refractivity contribution in [1.29, 1.82) is 0 Å². The highest BCUT2D eigenvalue weighted by atomic mass is 16.7. The maximum absolute atomic E-state index is 12.6. The summed E-state index contributed by atoms with van der Waals surface area (Å²) in [5, 5.41) is 1.02. The Balaban J connectivity index is 1.42. The van der Waals surface area contributed by atoms with Gasteiger partial charge in [-0.25, -0.2) is 0 Å². The average Bonchev–Trinajstić information content (AvgIpc) is 3.17. The fraction of sp³-hybridized carbons (Fsp3) is 0.471. The molecule has 2 saturated heterocycles. The van der Waals surface area contributed by atoms with Gasteiger partial charge in [-0.2, -0.15) is 0 Å². The zero-order valence-electron chi connectivity index (χ0n) is 12.6. The Labute approximate surface area is 129 Å². The fourth-order valence-corrected chi connectivity index (χ4v) is 3.57. The van der Waals surface area contributed by atoms with Crippen LogP contribution in [0.5, 0.6) is 0 Å². The number of aromatic nitrogens is 1. The van der Waals surface area contributed by atoms with Crippen LogP contribution in [0.2, 0.25) is 0 Å². The van der Waals surface area contributed by atoms with E-state index in [4.69, 9.17) is 9.47 Å². The third-order valence-electron chi connectivity index (χ3n) is 4.83. The van der Waals surface area contributed by atoms with Crippen LogP contribution in [0.1, 0.15) is 23.2 Å². The molecule has 2 N–H and O–H groups in total. The number of Topliss-reactive ketones (excluding diaryl/α,β-unsaturated/α-hetero) is 1. The van der Waals surface area contributed by atoms with Gasteiger partial charge in [0, 0.05) is 22.7 Å². The van der Waals surface area contributed by atoms with Crippen LogP contribution < -0.4 is 4.90 Å². The van der Waals surface area contributed by atoms with Crippen molar-refractivity contribution in [3.05, 3.63) is 36.0 Å². The predicted molar refractivity (Wildman–Crippen MR) is 82.1 cm³/mol. The molecule has 1 aromatic heterocycles. The number of fused-ring (bicyclic) bond motifs is 1. The molecule has 3 heterocycles. The van der Waals surface area contributed by atoms with Crippen LogP contribution in [0.4, 0.5) is 0 Å². The van der Waals surface area contributed by atoms with Crippen LogP contribution in [0, 0.1) is 0 Å². The molecule has 0 atom stereocenters. The van der Waals surface area contributed by atoms with Crippen LogP contribution in [0.15, 0.2) is 30.5 Å². The van der Waals surface area contributed by atoms with Crippen LogP contribution >= 0.6 is 0 Å². The van der Waals surface area contributed by atoms with Crippen molar-refractivity contribution in [2.24, 2.45) is 0 Å². The van der Waals surface area contributed by atoms with Gasteiger partial charge in [-0.3, -0.25) is 4.79 Å². The first-order chi connectivity index (χ1) is 10.8. The van der Waals surface area contributed by atoms with E-state index >= 15 is 0 Å². The SMILES string of the molecule is O=C(C[NH+]1CCC2(CC1)OCCO2)c1c[nH]c2ccccc12. The predicted octanol–water partition coefficient (Wildman–Crippen LogP) is 0.772. The number of ketones is 1. The molecule has 1 spiro atoms. The van der Waals surface area contributed by atoms with Gasteiger partial charge in [0.15, 0.2) is 5.79 Å². The Morgan fingerprint density at radius 1 is 1.18 bits per heavy atom. The number of hydrogen-bond acceptors (Lipinski definition) is 3. The maximum atomic E-state index is 12.6. The average molecular weight is 301 g/mol. The lowest BCUT2D eigenvalue weighted by Crippen LogP contribution is -3.14.